The molecule has 0 fully saturated rings. The molecule has 1 aromatic heterocycles. The topological polar surface area (TPSA) is 25.8 Å². The summed E-state index contributed by atoms with van der Waals surface area (Å²) in [4.78, 5) is 7.84. The fourth-order valence-electron chi connectivity index (χ4n) is 0.532. The number of hydrogen-bond acceptors (Lipinski definition) is 2. The second-order valence-corrected chi connectivity index (χ2v) is 1.69. The Hall–Kier alpha value is -0.920. The molecule has 0 spiro atoms. The van der Waals surface area contributed by atoms with E-state index in [0.29, 0.717) is 0 Å². The van der Waals surface area contributed by atoms with Gasteiger partial charge in [0, 0.05) is 5.69 Å². The smallest absolute Gasteiger partial charge is 0.126 e. The summed E-state index contributed by atoms with van der Waals surface area (Å²) >= 11 is 0. The maximum absolute atomic E-state index is 4.03. The molecule has 1 aromatic rings. The van der Waals surface area contributed by atoms with Gasteiger partial charge in [-0.25, -0.2) is 9.97 Å². The van der Waals surface area contributed by atoms with Crippen LogP contribution in [0.25, 0.3) is 0 Å². The van der Waals surface area contributed by atoms with Crippen molar-refractivity contribution in [3.05, 3.63) is 23.8 Å². The molecule has 0 saturated carbocycles. The SMILES string of the molecule is Cc1c[c]nc(C)n1. The van der Waals surface area contributed by atoms with Crippen LogP contribution in [0, 0.1) is 20.0 Å². The van der Waals surface area contributed by atoms with Crippen molar-refractivity contribution < 1.29 is 0 Å². The highest BCUT2D eigenvalue weighted by molar-refractivity contribution is 4.96. The third-order valence-corrected chi connectivity index (χ3v) is 0.838. The average Bonchev–Trinajstić information content (AvgIpc) is 1.64. The largest absolute Gasteiger partial charge is 0.239 e. The summed E-state index contributed by atoms with van der Waals surface area (Å²) in [6.07, 6.45) is 2.72. The summed E-state index contributed by atoms with van der Waals surface area (Å²) in [5.41, 5.74) is 0.970. The summed E-state index contributed by atoms with van der Waals surface area (Å²) in [7, 11) is 0. The van der Waals surface area contributed by atoms with Gasteiger partial charge in [0.1, 0.15) is 5.82 Å². The molecule has 2 heteroatoms. The van der Waals surface area contributed by atoms with E-state index in [9.17, 15) is 0 Å². The molecule has 0 aliphatic rings. The summed E-state index contributed by atoms with van der Waals surface area (Å²) in [5.74, 6) is 0.782. The van der Waals surface area contributed by atoms with Crippen molar-refractivity contribution in [1.82, 2.24) is 9.97 Å². The average molecular weight is 107 g/mol. The van der Waals surface area contributed by atoms with Crippen molar-refractivity contribution in [3.63, 3.8) is 0 Å². The van der Waals surface area contributed by atoms with Gasteiger partial charge in [0.05, 0.1) is 6.20 Å². The molecule has 0 unspecified atom stereocenters. The van der Waals surface area contributed by atoms with Gasteiger partial charge < -0.3 is 0 Å². The van der Waals surface area contributed by atoms with Gasteiger partial charge in [-0.3, -0.25) is 0 Å². The third-order valence-electron chi connectivity index (χ3n) is 0.838. The molecule has 0 aromatic carbocycles. The summed E-state index contributed by atoms with van der Waals surface area (Å²) < 4.78 is 0. The predicted molar refractivity (Wildman–Crippen MR) is 30.3 cm³/mol. The Morgan fingerprint density at radius 2 is 2.25 bits per heavy atom. The number of aryl methyl sites for hydroxylation is 2. The third kappa shape index (κ3) is 1.03. The van der Waals surface area contributed by atoms with Crippen LogP contribution in [0.1, 0.15) is 11.5 Å². The van der Waals surface area contributed by atoms with Gasteiger partial charge >= 0.3 is 0 Å². The van der Waals surface area contributed by atoms with Crippen LogP contribution in [-0.4, -0.2) is 9.97 Å². The fourth-order valence-corrected chi connectivity index (χ4v) is 0.532. The standard InChI is InChI=1S/C6H7N2/c1-5-3-4-7-6(2)8-5/h3H,1-2H3. The van der Waals surface area contributed by atoms with Crippen LogP contribution < -0.4 is 0 Å². The van der Waals surface area contributed by atoms with Crippen molar-refractivity contribution in [2.45, 2.75) is 13.8 Å². The van der Waals surface area contributed by atoms with E-state index < -0.39 is 0 Å². The molecule has 0 amide bonds. The first kappa shape index (κ1) is 5.22. The Labute approximate surface area is 48.6 Å². The van der Waals surface area contributed by atoms with Gasteiger partial charge in [-0.1, -0.05) is 0 Å². The zero-order valence-electron chi connectivity index (χ0n) is 4.97. The molecule has 0 N–H and O–H groups in total. The predicted octanol–water partition coefficient (Wildman–Crippen LogP) is 0.894. The van der Waals surface area contributed by atoms with E-state index in [1.165, 1.54) is 0 Å². The molecule has 0 saturated heterocycles. The second-order valence-electron chi connectivity index (χ2n) is 1.69. The second kappa shape index (κ2) is 1.90. The number of rotatable bonds is 0. The van der Waals surface area contributed by atoms with Crippen LogP contribution in [0.4, 0.5) is 0 Å². The van der Waals surface area contributed by atoms with Crippen LogP contribution in [0.15, 0.2) is 6.07 Å². The molecular formula is C6H7N2. The Balaban J connectivity index is 3.08. The van der Waals surface area contributed by atoms with Crippen molar-refractivity contribution in [2.75, 3.05) is 0 Å². The molecule has 1 radical (unpaired) electrons. The molecule has 1 rings (SSSR count). The van der Waals surface area contributed by atoms with E-state index in [-0.39, 0.29) is 0 Å². The lowest BCUT2D eigenvalue weighted by atomic mass is 10.4. The zero-order valence-corrected chi connectivity index (χ0v) is 4.97. The lowest BCUT2D eigenvalue weighted by Gasteiger charge is -1.88. The van der Waals surface area contributed by atoms with E-state index >= 15 is 0 Å². The van der Waals surface area contributed by atoms with E-state index in [2.05, 4.69) is 16.2 Å². The Morgan fingerprint density at radius 3 is 2.62 bits per heavy atom. The minimum Gasteiger partial charge on any atom is -0.239 e. The Kier molecular flexibility index (Phi) is 1.24. The minimum absolute atomic E-state index is 0.782. The van der Waals surface area contributed by atoms with Crippen LogP contribution in [0.2, 0.25) is 0 Å². The summed E-state index contributed by atoms with van der Waals surface area (Å²) in [6.45, 7) is 3.77. The molecule has 8 heavy (non-hydrogen) atoms. The molecule has 0 atom stereocenters. The zero-order chi connectivity index (χ0) is 5.98. The molecule has 2 nitrogen and oxygen atoms in total. The van der Waals surface area contributed by atoms with Crippen molar-refractivity contribution in [1.29, 1.82) is 0 Å². The fraction of sp³-hybridized carbons (Fsp3) is 0.333. The lowest BCUT2D eigenvalue weighted by molar-refractivity contribution is 1.01. The summed E-state index contributed by atoms with van der Waals surface area (Å²) in [6, 6.07) is 1.76. The van der Waals surface area contributed by atoms with Crippen LogP contribution >= 0.6 is 0 Å². The van der Waals surface area contributed by atoms with Gasteiger partial charge in [0.2, 0.25) is 0 Å². The van der Waals surface area contributed by atoms with Crippen LogP contribution in [0.5, 0.6) is 0 Å². The van der Waals surface area contributed by atoms with Crippen molar-refractivity contribution >= 4 is 0 Å². The van der Waals surface area contributed by atoms with Crippen molar-refractivity contribution in [3.8, 4) is 0 Å². The first-order chi connectivity index (χ1) is 3.79. The maximum atomic E-state index is 4.03. The molecule has 1 heterocycles. The van der Waals surface area contributed by atoms with E-state index in [0.717, 1.165) is 11.5 Å². The first-order valence-corrected chi connectivity index (χ1v) is 2.47. The van der Waals surface area contributed by atoms with Crippen LogP contribution in [-0.2, 0) is 0 Å². The minimum atomic E-state index is 0.782. The van der Waals surface area contributed by atoms with Crippen LogP contribution in [0.3, 0.4) is 0 Å². The van der Waals surface area contributed by atoms with E-state index in [1.807, 2.05) is 13.8 Å². The molecule has 0 aliphatic heterocycles. The number of nitrogens with zero attached hydrogens (tertiary/aromatic N) is 2. The highest BCUT2D eigenvalue weighted by Gasteiger charge is 1.84. The monoisotopic (exact) mass is 107 g/mol. The molecular weight excluding hydrogens is 100 g/mol. The molecule has 41 valence electrons. The molecule has 0 aliphatic carbocycles. The lowest BCUT2D eigenvalue weighted by Crippen LogP contribution is -1.87. The van der Waals surface area contributed by atoms with E-state index in [1.54, 1.807) is 6.07 Å². The normalized spacial score (nSPS) is 9.25. The molecule has 0 bridgehead atoms. The highest BCUT2D eigenvalue weighted by Crippen LogP contribution is 1.88. The Morgan fingerprint density at radius 1 is 1.50 bits per heavy atom. The van der Waals surface area contributed by atoms with E-state index in [4.69, 9.17) is 0 Å². The highest BCUT2D eigenvalue weighted by atomic mass is 14.9. The van der Waals surface area contributed by atoms with Gasteiger partial charge in [-0.2, -0.15) is 0 Å². The quantitative estimate of drug-likeness (QED) is 0.492. The number of hydrogen-bond donors (Lipinski definition) is 0. The summed E-state index contributed by atoms with van der Waals surface area (Å²) in [5, 5.41) is 0. The first-order valence-electron chi connectivity index (χ1n) is 2.47. The van der Waals surface area contributed by atoms with Crippen molar-refractivity contribution in [2.24, 2.45) is 0 Å². The van der Waals surface area contributed by atoms with Gasteiger partial charge in [0.15, 0.2) is 0 Å². The number of aromatic nitrogens is 2. The van der Waals surface area contributed by atoms with Gasteiger partial charge in [-0.05, 0) is 19.9 Å². The Bertz CT molecular complexity index is 166. The van der Waals surface area contributed by atoms with Gasteiger partial charge in [0.25, 0.3) is 0 Å². The maximum Gasteiger partial charge on any atom is 0.126 e. The van der Waals surface area contributed by atoms with Gasteiger partial charge in [-0.15, -0.1) is 0 Å².